The van der Waals surface area contributed by atoms with E-state index in [1.807, 2.05) is 12.1 Å². The highest BCUT2D eigenvalue weighted by molar-refractivity contribution is 14.0. The standard InChI is InChI=1S/C21H35N3O3.HI/c1-3-4-14-27-19-7-5-18(6-8-19)9-12-23-20(22-2)24-16-21(10-13-25)11-15-26-17-21;/h5-8,25H,3-4,9-17H2,1-2H3,(H2,22,23,24);1H. The van der Waals surface area contributed by atoms with Crippen molar-refractivity contribution in [2.45, 2.75) is 39.0 Å². The molecule has 0 amide bonds. The Kier molecular flexibility index (Phi) is 12.5. The number of nitrogens with zero attached hydrogens (tertiary/aromatic N) is 1. The van der Waals surface area contributed by atoms with Crippen molar-refractivity contribution in [2.75, 3.05) is 46.6 Å². The lowest BCUT2D eigenvalue weighted by Crippen LogP contribution is -2.45. The van der Waals surface area contributed by atoms with Gasteiger partial charge >= 0.3 is 0 Å². The molecular formula is C21H36IN3O3. The van der Waals surface area contributed by atoms with Crippen LogP contribution in [-0.2, 0) is 11.2 Å². The Labute approximate surface area is 186 Å². The molecule has 0 aliphatic carbocycles. The number of unbranched alkanes of at least 4 members (excludes halogenated alkanes) is 1. The number of aliphatic imine (C=N–C) groups is 1. The quantitative estimate of drug-likeness (QED) is 0.187. The maximum Gasteiger partial charge on any atom is 0.191 e. The van der Waals surface area contributed by atoms with Crippen LogP contribution in [0, 0.1) is 5.41 Å². The first-order valence-electron chi connectivity index (χ1n) is 10.1. The van der Waals surface area contributed by atoms with Gasteiger partial charge in [-0.1, -0.05) is 25.5 Å². The van der Waals surface area contributed by atoms with E-state index >= 15 is 0 Å². The smallest absolute Gasteiger partial charge is 0.191 e. The fourth-order valence-electron chi connectivity index (χ4n) is 3.22. The minimum atomic E-state index is 0. The molecule has 0 bridgehead atoms. The lowest BCUT2D eigenvalue weighted by molar-refractivity contribution is 0.127. The molecule has 0 aromatic heterocycles. The van der Waals surface area contributed by atoms with Crippen LogP contribution >= 0.6 is 24.0 Å². The molecule has 1 aromatic rings. The Balaban J connectivity index is 0.00000392. The van der Waals surface area contributed by atoms with Crippen LogP contribution in [0.3, 0.4) is 0 Å². The fraction of sp³-hybridized carbons (Fsp3) is 0.667. The van der Waals surface area contributed by atoms with Crippen molar-refractivity contribution in [2.24, 2.45) is 10.4 Å². The lowest BCUT2D eigenvalue weighted by Gasteiger charge is -2.27. The number of guanidine groups is 1. The van der Waals surface area contributed by atoms with Gasteiger partial charge in [-0.25, -0.2) is 0 Å². The predicted molar refractivity (Wildman–Crippen MR) is 125 cm³/mol. The van der Waals surface area contributed by atoms with E-state index in [0.717, 1.165) is 70.1 Å². The second-order valence-corrected chi connectivity index (χ2v) is 7.22. The van der Waals surface area contributed by atoms with Crippen LogP contribution < -0.4 is 15.4 Å². The topological polar surface area (TPSA) is 75.1 Å². The van der Waals surface area contributed by atoms with Crippen molar-refractivity contribution < 1.29 is 14.6 Å². The summed E-state index contributed by atoms with van der Waals surface area (Å²) in [5, 5.41) is 16.1. The van der Waals surface area contributed by atoms with Crippen molar-refractivity contribution in [3.63, 3.8) is 0 Å². The highest BCUT2D eigenvalue weighted by Gasteiger charge is 2.34. The summed E-state index contributed by atoms with van der Waals surface area (Å²) in [6, 6.07) is 8.31. The van der Waals surface area contributed by atoms with Gasteiger partial charge in [-0.2, -0.15) is 0 Å². The third-order valence-electron chi connectivity index (χ3n) is 5.08. The highest BCUT2D eigenvalue weighted by Crippen LogP contribution is 2.31. The van der Waals surface area contributed by atoms with E-state index in [2.05, 4.69) is 34.7 Å². The average Bonchev–Trinajstić information content (AvgIpc) is 3.15. The second-order valence-electron chi connectivity index (χ2n) is 7.22. The highest BCUT2D eigenvalue weighted by atomic mass is 127. The van der Waals surface area contributed by atoms with Crippen LogP contribution in [0.4, 0.5) is 0 Å². The second kappa shape index (κ2) is 14.0. The molecule has 0 saturated carbocycles. The molecule has 3 N–H and O–H groups in total. The predicted octanol–water partition coefficient (Wildman–Crippen LogP) is 2.98. The van der Waals surface area contributed by atoms with Crippen LogP contribution in [-0.4, -0.2) is 57.6 Å². The van der Waals surface area contributed by atoms with Gasteiger partial charge in [0.05, 0.1) is 13.2 Å². The van der Waals surface area contributed by atoms with Gasteiger partial charge < -0.3 is 25.2 Å². The molecule has 1 unspecified atom stereocenters. The summed E-state index contributed by atoms with van der Waals surface area (Å²) in [6.07, 6.45) is 4.88. The van der Waals surface area contributed by atoms with Crippen molar-refractivity contribution >= 4 is 29.9 Å². The maximum absolute atomic E-state index is 9.32. The van der Waals surface area contributed by atoms with E-state index in [-0.39, 0.29) is 36.0 Å². The minimum absolute atomic E-state index is 0. The van der Waals surface area contributed by atoms with Gasteiger partial charge in [0.1, 0.15) is 5.75 Å². The first-order chi connectivity index (χ1) is 13.2. The Morgan fingerprint density at radius 2 is 2.07 bits per heavy atom. The molecule has 1 fully saturated rings. The van der Waals surface area contributed by atoms with E-state index in [9.17, 15) is 5.11 Å². The summed E-state index contributed by atoms with van der Waals surface area (Å²) in [5.74, 6) is 1.73. The number of rotatable bonds is 11. The summed E-state index contributed by atoms with van der Waals surface area (Å²) >= 11 is 0. The summed E-state index contributed by atoms with van der Waals surface area (Å²) < 4.78 is 11.2. The number of ether oxygens (including phenoxy) is 2. The maximum atomic E-state index is 9.32. The van der Waals surface area contributed by atoms with Gasteiger partial charge in [-0.05, 0) is 43.4 Å². The number of aliphatic hydroxyl groups excluding tert-OH is 1. The van der Waals surface area contributed by atoms with E-state index in [1.54, 1.807) is 7.05 Å². The average molecular weight is 505 g/mol. The van der Waals surface area contributed by atoms with Gasteiger partial charge in [0.2, 0.25) is 0 Å². The molecule has 28 heavy (non-hydrogen) atoms. The Hall–Kier alpha value is -1.06. The van der Waals surface area contributed by atoms with E-state index in [1.165, 1.54) is 5.56 Å². The summed E-state index contributed by atoms with van der Waals surface area (Å²) in [6.45, 7) is 6.17. The summed E-state index contributed by atoms with van der Waals surface area (Å²) in [7, 11) is 1.78. The van der Waals surface area contributed by atoms with Crippen molar-refractivity contribution in [3.8, 4) is 5.75 Å². The number of hydrogen-bond acceptors (Lipinski definition) is 4. The molecule has 1 atom stereocenters. The zero-order chi connectivity index (χ0) is 19.4. The number of nitrogens with one attached hydrogen (secondary N) is 2. The van der Waals surface area contributed by atoms with E-state index in [4.69, 9.17) is 9.47 Å². The summed E-state index contributed by atoms with van der Waals surface area (Å²) in [5.41, 5.74) is 1.28. The Bertz CT molecular complexity index is 561. The van der Waals surface area contributed by atoms with Gasteiger partial charge in [-0.3, -0.25) is 4.99 Å². The van der Waals surface area contributed by atoms with E-state index in [0.29, 0.717) is 6.61 Å². The van der Waals surface area contributed by atoms with Gasteiger partial charge in [-0.15, -0.1) is 24.0 Å². The fourth-order valence-corrected chi connectivity index (χ4v) is 3.22. The van der Waals surface area contributed by atoms with Crippen LogP contribution in [0.15, 0.2) is 29.3 Å². The molecule has 1 heterocycles. The van der Waals surface area contributed by atoms with Crippen LogP contribution in [0.5, 0.6) is 5.75 Å². The third kappa shape index (κ3) is 8.53. The SMILES string of the molecule is CCCCOc1ccc(CCNC(=NC)NCC2(CCO)CCOC2)cc1.I. The third-order valence-corrected chi connectivity index (χ3v) is 5.08. The Morgan fingerprint density at radius 1 is 1.29 bits per heavy atom. The van der Waals surface area contributed by atoms with E-state index < -0.39 is 0 Å². The number of halogens is 1. The molecule has 1 aliphatic heterocycles. The molecular weight excluding hydrogens is 469 g/mol. The van der Waals surface area contributed by atoms with Crippen molar-refractivity contribution in [1.29, 1.82) is 0 Å². The lowest BCUT2D eigenvalue weighted by atomic mass is 9.84. The minimum Gasteiger partial charge on any atom is -0.494 e. The molecule has 0 spiro atoms. The molecule has 0 radical (unpaired) electrons. The molecule has 6 nitrogen and oxygen atoms in total. The Morgan fingerprint density at radius 3 is 2.68 bits per heavy atom. The molecule has 1 saturated heterocycles. The van der Waals surface area contributed by atoms with Gasteiger partial charge in [0.25, 0.3) is 0 Å². The monoisotopic (exact) mass is 505 g/mol. The van der Waals surface area contributed by atoms with Crippen molar-refractivity contribution in [3.05, 3.63) is 29.8 Å². The summed E-state index contributed by atoms with van der Waals surface area (Å²) in [4.78, 5) is 4.30. The normalized spacial score (nSPS) is 19.2. The molecule has 7 heteroatoms. The first kappa shape index (κ1) is 25.0. The molecule has 2 rings (SSSR count). The number of benzene rings is 1. The zero-order valence-corrected chi connectivity index (χ0v) is 19.5. The van der Waals surface area contributed by atoms with Crippen LogP contribution in [0.1, 0.15) is 38.2 Å². The number of hydrogen-bond donors (Lipinski definition) is 3. The van der Waals surface area contributed by atoms with Gasteiger partial charge in [0.15, 0.2) is 5.96 Å². The zero-order valence-electron chi connectivity index (χ0n) is 17.2. The van der Waals surface area contributed by atoms with Gasteiger partial charge in [0, 0.05) is 38.8 Å². The molecule has 1 aliphatic rings. The molecule has 160 valence electrons. The largest absolute Gasteiger partial charge is 0.494 e. The first-order valence-corrected chi connectivity index (χ1v) is 10.1. The van der Waals surface area contributed by atoms with Crippen LogP contribution in [0.2, 0.25) is 0 Å². The van der Waals surface area contributed by atoms with Crippen LogP contribution in [0.25, 0.3) is 0 Å². The number of aliphatic hydroxyl groups is 1. The van der Waals surface area contributed by atoms with Crippen molar-refractivity contribution in [1.82, 2.24) is 10.6 Å². The molecule has 1 aromatic carbocycles.